The van der Waals surface area contributed by atoms with E-state index in [9.17, 15) is 0 Å². The molecule has 0 aliphatic rings. The van der Waals surface area contributed by atoms with Gasteiger partial charge in [-0.25, -0.2) is 19.5 Å². The molecule has 3 aromatic rings. The minimum absolute atomic E-state index is 0.262. The van der Waals surface area contributed by atoms with E-state index in [1.54, 1.807) is 4.52 Å². The van der Waals surface area contributed by atoms with Gasteiger partial charge >= 0.3 is 0 Å². The third-order valence-electron chi connectivity index (χ3n) is 3.20. The van der Waals surface area contributed by atoms with Crippen LogP contribution < -0.4 is 0 Å². The normalized spacial score (nSPS) is 10.8. The molecule has 0 saturated heterocycles. The van der Waals surface area contributed by atoms with Crippen LogP contribution in [0, 0.1) is 32.1 Å². The molecule has 0 aliphatic carbocycles. The van der Waals surface area contributed by atoms with Gasteiger partial charge in [0.2, 0.25) is 5.16 Å². The molecule has 0 unspecified atom stereocenters. The molecule has 104 valence electrons. The van der Waals surface area contributed by atoms with Gasteiger partial charge in [0, 0.05) is 23.8 Å². The Morgan fingerprint density at radius 2 is 1.90 bits per heavy atom. The fourth-order valence-electron chi connectivity index (χ4n) is 1.84. The predicted molar refractivity (Wildman–Crippen MR) is 75.9 cm³/mol. The van der Waals surface area contributed by atoms with Crippen LogP contribution >= 0.6 is 11.8 Å². The molecule has 8 heteroatoms. The molecule has 0 saturated carbocycles. The molecule has 0 aromatic carbocycles. The van der Waals surface area contributed by atoms with Crippen LogP contribution in [-0.4, -0.2) is 29.5 Å². The summed E-state index contributed by atoms with van der Waals surface area (Å²) in [6.07, 6.45) is 3.02. The summed E-state index contributed by atoms with van der Waals surface area (Å²) in [7, 11) is 0. The van der Waals surface area contributed by atoms with Gasteiger partial charge in [0.25, 0.3) is 5.78 Å². The van der Waals surface area contributed by atoms with Gasteiger partial charge < -0.3 is 0 Å². The van der Waals surface area contributed by atoms with Gasteiger partial charge in [0.15, 0.2) is 5.69 Å². The largest absolute Gasteiger partial charge is 0.253 e. The summed E-state index contributed by atoms with van der Waals surface area (Å²) >= 11 is 1.21. The molecule has 0 amide bonds. The van der Waals surface area contributed by atoms with Crippen LogP contribution in [0.3, 0.4) is 0 Å². The Morgan fingerprint density at radius 3 is 2.67 bits per heavy atom. The fraction of sp³-hybridized carbons (Fsp3) is 0.231. The first-order valence-corrected chi connectivity index (χ1v) is 7.01. The standard InChI is InChI=1S/C13H11N7S/c1-7-8(2)17-12-18-13(19-20(12)9(7)3)21-11-10(6-14)15-4-5-16-11/h4-5H,1-3H3. The van der Waals surface area contributed by atoms with Crippen molar-refractivity contribution in [1.29, 1.82) is 5.26 Å². The summed E-state index contributed by atoms with van der Waals surface area (Å²) < 4.78 is 1.70. The summed E-state index contributed by atoms with van der Waals surface area (Å²) in [5.74, 6) is 0.542. The zero-order chi connectivity index (χ0) is 15.0. The first-order chi connectivity index (χ1) is 10.1. The molecule has 7 nitrogen and oxygen atoms in total. The fourth-order valence-corrected chi connectivity index (χ4v) is 2.58. The predicted octanol–water partition coefficient (Wildman–Crippen LogP) is 1.86. The molecule has 21 heavy (non-hydrogen) atoms. The SMILES string of the molecule is Cc1nc2nc(Sc3nccnc3C#N)nn2c(C)c1C. The highest BCUT2D eigenvalue weighted by molar-refractivity contribution is 7.99. The Kier molecular flexibility index (Phi) is 3.27. The second-order valence-corrected chi connectivity index (χ2v) is 5.39. The van der Waals surface area contributed by atoms with Gasteiger partial charge in [0.1, 0.15) is 11.1 Å². The molecule has 0 atom stereocenters. The van der Waals surface area contributed by atoms with Crippen molar-refractivity contribution in [3.8, 4) is 6.07 Å². The number of aromatic nitrogens is 6. The van der Waals surface area contributed by atoms with Crippen molar-refractivity contribution in [2.24, 2.45) is 0 Å². The maximum absolute atomic E-state index is 9.03. The quantitative estimate of drug-likeness (QED) is 0.712. The lowest BCUT2D eigenvalue weighted by molar-refractivity contribution is 0.831. The summed E-state index contributed by atoms with van der Waals surface area (Å²) in [5, 5.41) is 14.4. The van der Waals surface area contributed by atoms with E-state index in [-0.39, 0.29) is 5.69 Å². The number of hydrogen-bond acceptors (Lipinski definition) is 7. The molecular formula is C13H11N7S. The molecule has 0 aliphatic heterocycles. The summed E-state index contributed by atoms with van der Waals surface area (Å²) in [5.41, 5.74) is 3.28. The third-order valence-corrected chi connectivity index (χ3v) is 4.05. The number of fused-ring (bicyclic) bond motifs is 1. The van der Waals surface area contributed by atoms with E-state index in [4.69, 9.17) is 5.26 Å². The summed E-state index contributed by atoms with van der Waals surface area (Å²) in [6, 6.07) is 2.01. The lowest BCUT2D eigenvalue weighted by Gasteiger charge is -2.04. The van der Waals surface area contributed by atoms with E-state index in [1.165, 1.54) is 24.2 Å². The number of rotatable bonds is 2. The van der Waals surface area contributed by atoms with Gasteiger partial charge in [-0.2, -0.15) is 10.2 Å². The summed E-state index contributed by atoms with van der Waals surface area (Å²) in [6.45, 7) is 5.92. The molecule has 3 rings (SSSR count). The maximum Gasteiger partial charge on any atom is 0.253 e. The monoisotopic (exact) mass is 297 g/mol. The number of hydrogen-bond donors (Lipinski definition) is 0. The molecule has 0 fully saturated rings. The topological polar surface area (TPSA) is 92.6 Å². The third kappa shape index (κ3) is 2.32. The first-order valence-electron chi connectivity index (χ1n) is 6.19. The van der Waals surface area contributed by atoms with Crippen molar-refractivity contribution in [3.63, 3.8) is 0 Å². The highest BCUT2D eigenvalue weighted by Crippen LogP contribution is 2.25. The van der Waals surface area contributed by atoms with E-state index in [1.807, 2.05) is 26.8 Å². The lowest BCUT2D eigenvalue weighted by atomic mass is 10.2. The highest BCUT2D eigenvalue weighted by Gasteiger charge is 2.14. The minimum Gasteiger partial charge on any atom is -0.245 e. The van der Waals surface area contributed by atoms with Crippen LogP contribution in [0.4, 0.5) is 0 Å². The molecule has 0 radical (unpaired) electrons. The zero-order valence-electron chi connectivity index (χ0n) is 11.7. The van der Waals surface area contributed by atoms with Crippen molar-refractivity contribution in [2.45, 2.75) is 31.0 Å². The van der Waals surface area contributed by atoms with Crippen molar-refractivity contribution in [2.75, 3.05) is 0 Å². The average molecular weight is 297 g/mol. The maximum atomic E-state index is 9.03. The molecular weight excluding hydrogens is 286 g/mol. The molecule has 0 N–H and O–H groups in total. The van der Waals surface area contributed by atoms with Gasteiger partial charge in [-0.05, 0) is 38.1 Å². The molecule has 0 spiro atoms. The van der Waals surface area contributed by atoms with Crippen molar-refractivity contribution < 1.29 is 0 Å². The number of nitrogens with zero attached hydrogens (tertiary/aromatic N) is 7. The number of nitriles is 1. The van der Waals surface area contributed by atoms with Gasteiger partial charge in [-0.15, -0.1) is 5.10 Å². The van der Waals surface area contributed by atoms with Crippen molar-refractivity contribution in [1.82, 2.24) is 29.5 Å². The molecule has 3 heterocycles. The second-order valence-electron chi connectivity index (χ2n) is 4.44. The Balaban J connectivity index is 2.07. The van der Waals surface area contributed by atoms with Crippen molar-refractivity contribution >= 4 is 17.5 Å². The Bertz CT molecular complexity index is 878. The van der Waals surface area contributed by atoms with Gasteiger partial charge in [0.05, 0.1) is 0 Å². The van der Waals surface area contributed by atoms with E-state index < -0.39 is 0 Å². The van der Waals surface area contributed by atoms with Crippen LogP contribution in [0.15, 0.2) is 22.6 Å². The van der Waals surface area contributed by atoms with Gasteiger partial charge in [-0.3, -0.25) is 0 Å². The van der Waals surface area contributed by atoms with E-state index in [2.05, 4.69) is 25.0 Å². The molecule has 3 aromatic heterocycles. The Labute approximate surface area is 125 Å². The van der Waals surface area contributed by atoms with Crippen LogP contribution in [0.1, 0.15) is 22.6 Å². The van der Waals surface area contributed by atoms with Crippen LogP contribution in [0.2, 0.25) is 0 Å². The van der Waals surface area contributed by atoms with E-state index >= 15 is 0 Å². The smallest absolute Gasteiger partial charge is 0.245 e. The molecule has 0 bridgehead atoms. The van der Waals surface area contributed by atoms with Crippen molar-refractivity contribution in [3.05, 3.63) is 35.0 Å². The second kappa shape index (κ2) is 5.10. The Hall–Kier alpha value is -2.53. The highest BCUT2D eigenvalue weighted by atomic mass is 32.2. The lowest BCUT2D eigenvalue weighted by Crippen LogP contribution is -2.02. The average Bonchev–Trinajstić information content (AvgIpc) is 2.88. The summed E-state index contributed by atoms with van der Waals surface area (Å²) in [4.78, 5) is 16.9. The van der Waals surface area contributed by atoms with Crippen LogP contribution in [0.25, 0.3) is 5.78 Å². The Morgan fingerprint density at radius 1 is 1.14 bits per heavy atom. The van der Waals surface area contributed by atoms with E-state index in [0.29, 0.717) is 16.0 Å². The first kappa shape index (κ1) is 13.5. The number of aryl methyl sites for hydroxylation is 2. The van der Waals surface area contributed by atoms with Gasteiger partial charge in [-0.1, -0.05) is 0 Å². The zero-order valence-corrected chi connectivity index (χ0v) is 12.5. The minimum atomic E-state index is 0.262. The van der Waals surface area contributed by atoms with Crippen LogP contribution in [0.5, 0.6) is 0 Å². The van der Waals surface area contributed by atoms with Crippen LogP contribution in [-0.2, 0) is 0 Å². The van der Waals surface area contributed by atoms with E-state index in [0.717, 1.165) is 17.0 Å².